The van der Waals surface area contributed by atoms with Crippen LogP contribution in [0.15, 0.2) is 48.1 Å². The first-order chi connectivity index (χ1) is 16.5. The fourth-order valence-corrected chi connectivity index (χ4v) is 3.29. The molecule has 0 bridgehead atoms. The minimum absolute atomic E-state index is 0.0125. The maximum Gasteiger partial charge on any atom is 0.203 e. The van der Waals surface area contributed by atoms with Gasteiger partial charge in [-0.1, -0.05) is 11.6 Å². The Morgan fingerprint density at radius 1 is 0.882 bits per heavy atom. The van der Waals surface area contributed by atoms with Crippen LogP contribution in [0.3, 0.4) is 0 Å². The van der Waals surface area contributed by atoms with Crippen LogP contribution in [0, 0.1) is 5.82 Å². The molecule has 4 aromatic rings. The Balaban J connectivity index is 1.60. The fourth-order valence-electron chi connectivity index (χ4n) is 3.11. The Bertz CT molecular complexity index is 1340. The SMILES string of the molecule is COc1cc(/C=N/Nc2ncnc3c(Nc4ccc(F)c(Cl)c4)ncnc23)cc(OC)c1OC. The zero-order valence-corrected chi connectivity index (χ0v) is 19.1. The van der Waals surface area contributed by atoms with Gasteiger partial charge in [-0.15, -0.1) is 0 Å². The summed E-state index contributed by atoms with van der Waals surface area (Å²) in [6, 6.07) is 7.75. The lowest BCUT2D eigenvalue weighted by Crippen LogP contribution is -2.02. The van der Waals surface area contributed by atoms with Gasteiger partial charge in [0, 0.05) is 11.3 Å². The number of halogens is 2. The highest BCUT2D eigenvalue weighted by molar-refractivity contribution is 6.31. The fraction of sp³-hybridized carbons (Fsp3) is 0.136. The highest BCUT2D eigenvalue weighted by Gasteiger charge is 2.13. The van der Waals surface area contributed by atoms with Crippen LogP contribution >= 0.6 is 11.6 Å². The molecule has 12 heteroatoms. The number of ether oxygens (including phenoxy) is 3. The van der Waals surface area contributed by atoms with Crippen molar-refractivity contribution in [1.29, 1.82) is 0 Å². The van der Waals surface area contributed by atoms with Crippen molar-refractivity contribution in [3.05, 3.63) is 59.4 Å². The summed E-state index contributed by atoms with van der Waals surface area (Å²) in [7, 11) is 4.61. The molecular weight excluding hydrogens is 465 g/mol. The predicted molar refractivity (Wildman–Crippen MR) is 127 cm³/mol. The summed E-state index contributed by atoms with van der Waals surface area (Å²) in [6.07, 6.45) is 4.28. The van der Waals surface area contributed by atoms with Crippen LogP contribution in [0.1, 0.15) is 5.56 Å². The molecule has 2 aromatic heterocycles. The van der Waals surface area contributed by atoms with Crippen LogP contribution in [0.4, 0.5) is 21.7 Å². The van der Waals surface area contributed by atoms with E-state index in [1.807, 2.05) is 0 Å². The van der Waals surface area contributed by atoms with Gasteiger partial charge in [0.15, 0.2) is 23.1 Å². The summed E-state index contributed by atoms with van der Waals surface area (Å²) in [4.78, 5) is 17.0. The Kier molecular flexibility index (Phi) is 6.83. The second-order valence-electron chi connectivity index (χ2n) is 6.72. The number of hydrogen-bond acceptors (Lipinski definition) is 10. The molecule has 2 N–H and O–H groups in total. The van der Waals surface area contributed by atoms with Crippen molar-refractivity contribution in [3.8, 4) is 17.2 Å². The zero-order chi connectivity index (χ0) is 24.1. The van der Waals surface area contributed by atoms with Gasteiger partial charge in [0.2, 0.25) is 5.75 Å². The summed E-state index contributed by atoms with van der Waals surface area (Å²) in [5.41, 5.74) is 4.97. The molecule has 0 saturated carbocycles. The number of anilines is 3. The van der Waals surface area contributed by atoms with Gasteiger partial charge in [-0.25, -0.2) is 24.3 Å². The molecule has 0 spiro atoms. The zero-order valence-electron chi connectivity index (χ0n) is 18.3. The van der Waals surface area contributed by atoms with Crippen molar-refractivity contribution in [2.75, 3.05) is 32.1 Å². The van der Waals surface area contributed by atoms with E-state index in [9.17, 15) is 4.39 Å². The van der Waals surface area contributed by atoms with E-state index in [-0.39, 0.29) is 5.02 Å². The Morgan fingerprint density at radius 2 is 1.53 bits per heavy atom. The van der Waals surface area contributed by atoms with E-state index in [2.05, 4.69) is 35.8 Å². The second-order valence-corrected chi connectivity index (χ2v) is 7.13. The molecule has 0 aliphatic rings. The van der Waals surface area contributed by atoms with E-state index in [1.54, 1.807) is 18.3 Å². The number of methoxy groups -OCH3 is 3. The third kappa shape index (κ3) is 4.74. The van der Waals surface area contributed by atoms with Crippen LogP contribution in [0.25, 0.3) is 11.0 Å². The lowest BCUT2D eigenvalue weighted by Gasteiger charge is -2.12. The number of aromatic nitrogens is 4. The molecule has 4 rings (SSSR count). The van der Waals surface area contributed by atoms with E-state index >= 15 is 0 Å². The average molecular weight is 484 g/mol. The number of rotatable bonds is 8. The summed E-state index contributed by atoms with van der Waals surface area (Å²) in [6.45, 7) is 0. The Morgan fingerprint density at radius 3 is 2.15 bits per heavy atom. The molecule has 0 amide bonds. The van der Waals surface area contributed by atoms with Gasteiger partial charge in [-0.2, -0.15) is 5.10 Å². The molecule has 0 aliphatic heterocycles. The monoisotopic (exact) mass is 483 g/mol. The molecule has 174 valence electrons. The van der Waals surface area contributed by atoms with Gasteiger partial charge in [0.25, 0.3) is 0 Å². The minimum atomic E-state index is -0.515. The van der Waals surface area contributed by atoms with Crippen molar-refractivity contribution in [2.45, 2.75) is 0 Å². The smallest absolute Gasteiger partial charge is 0.203 e. The van der Waals surface area contributed by atoms with Crippen molar-refractivity contribution < 1.29 is 18.6 Å². The van der Waals surface area contributed by atoms with Gasteiger partial charge >= 0.3 is 0 Å². The second kappa shape index (κ2) is 10.1. The first-order valence-corrected chi connectivity index (χ1v) is 10.2. The van der Waals surface area contributed by atoms with Crippen LogP contribution in [0.2, 0.25) is 5.02 Å². The van der Waals surface area contributed by atoms with Crippen molar-refractivity contribution in [1.82, 2.24) is 19.9 Å². The number of fused-ring (bicyclic) bond motifs is 1. The number of nitrogens with one attached hydrogen (secondary N) is 2. The molecule has 0 atom stereocenters. The summed E-state index contributed by atoms with van der Waals surface area (Å²) in [5, 5.41) is 7.30. The summed E-state index contributed by atoms with van der Waals surface area (Å²) >= 11 is 5.86. The highest BCUT2D eigenvalue weighted by Crippen LogP contribution is 2.37. The third-order valence-corrected chi connectivity index (χ3v) is 4.96. The van der Waals surface area contributed by atoms with Gasteiger partial charge in [-0.05, 0) is 30.3 Å². The largest absolute Gasteiger partial charge is 0.493 e. The van der Waals surface area contributed by atoms with E-state index < -0.39 is 5.82 Å². The van der Waals surface area contributed by atoms with Crippen molar-refractivity contribution in [3.63, 3.8) is 0 Å². The Labute approximate surface area is 198 Å². The van der Waals surface area contributed by atoms with Crippen LogP contribution < -0.4 is 25.0 Å². The van der Waals surface area contributed by atoms with Crippen LogP contribution in [0.5, 0.6) is 17.2 Å². The molecule has 0 radical (unpaired) electrons. The van der Waals surface area contributed by atoms with Crippen molar-refractivity contribution in [2.24, 2.45) is 5.10 Å². The summed E-state index contributed by atoms with van der Waals surface area (Å²) < 4.78 is 29.5. The molecule has 0 unspecified atom stereocenters. The standard InChI is InChI=1S/C22H19ClFN7O3/c1-32-16-6-12(7-17(33-2)20(16)34-3)9-29-31-22-19-18(25-11-28-22)21(27-10-26-19)30-13-4-5-15(24)14(23)8-13/h4-11H,1-3H3,(H,25,28,31)(H,26,27,30)/b29-9+. The molecule has 2 heterocycles. The molecule has 2 aromatic carbocycles. The van der Waals surface area contributed by atoms with E-state index in [4.69, 9.17) is 25.8 Å². The molecule has 0 saturated heterocycles. The lowest BCUT2D eigenvalue weighted by atomic mass is 10.2. The summed E-state index contributed by atoms with van der Waals surface area (Å²) in [5.74, 6) is 1.72. The normalized spacial score (nSPS) is 11.0. The third-order valence-electron chi connectivity index (χ3n) is 4.67. The predicted octanol–water partition coefficient (Wildman–Crippen LogP) is 4.43. The molecule has 0 aliphatic carbocycles. The number of hydrazone groups is 1. The topological polar surface area (TPSA) is 116 Å². The maximum absolute atomic E-state index is 13.5. The first-order valence-electron chi connectivity index (χ1n) is 9.81. The molecular formula is C22H19ClFN7O3. The molecule has 10 nitrogen and oxygen atoms in total. The number of nitrogens with zero attached hydrogens (tertiary/aromatic N) is 5. The average Bonchev–Trinajstić information content (AvgIpc) is 2.86. The molecule has 0 fully saturated rings. The minimum Gasteiger partial charge on any atom is -0.493 e. The van der Waals surface area contributed by atoms with Gasteiger partial charge < -0.3 is 19.5 Å². The van der Waals surface area contributed by atoms with Crippen molar-refractivity contribution >= 4 is 46.2 Å². The lowest BCUT2D eigenvalue weighted by molar-refractivity contribution is 0.324. The first kappa shape index (κ1) is 22.9. The quantitative estimate of drug-likeness (QED) is 0.277. The molecule has 34 heavy (non-hydrogen) atoms. The van der Waals surface area contributed by atoms with E-state index in [1.165, 1.54) is 52.2 Å². The number of benzene rings is 2. The van der Waals surface area contributed by atoms with Crippen LogP contribution in [-0.4, -0.2) is 47.5 Å². The van der Waals surface area contributed by atoms with Gasteiger partial charge in [-0.3, -0.25) is 5.43 Å². The van der Waals surface area contributed by atoms with E-state index in [0.717, 1.165) is 0 Å². The maximum atomic E-state index is 13.5. The number of hydrogen-bond donors (Lipinski definition) is 2. The van der Waals surface area contributed by atoms with Gasteiger partial charge in [0.1, 0.15) is 29.5 Å². The van der Waals surface area contributed by atoms with E-state index in [0.29, 0.717) is 51.2 Å². The van der Waals surface area contributed by atoms with Crippen LogP contribution in [-0.2, 0) is 0 Å². The highest BCUT2D eigenvalue weighted by atomic mass is 35.5. The Hall–Kier alpha value is -4.25. The van der Waals surface area contributed by atoms with Gasteiger partial charge in [0.05, 0.1) is 32.6 Å².